The summed E-state index contributed by atoms with van der Waals surface area (Å²) in [5, 5.41) is 7.20. The molecular formula is C12H14N8S. The maximum Gasteiger partial charge on any atom is 0.258 e. The van der Waals surface area contributed by atoms with Crippen LogP contribution in [0.4, 0.5) is 11.9 Å². The molecule has 3 heterocycles. The first kappa shape index (κ1) is 13.4. The molecule has 0 aliphatic rings. The van der Waals surface area contributed by atoms with E-state index in [1.807, 2.05) is 6.92 Å². The lowest BCUT2D eigenvalue weighted by Crippen LogP contribution is -2.13. The van der Waals surface area contributed by atoms with Gasteiger partial charge in [-0.25, -0.2) is 4.98 Å². The standard InChI is InChI=1S/C12H14N8S/c1-7-3-4-9(21-7)8(2)16-11-17-10(13)18-12(19-11)20-6-14-5-15-20/h3-6,8H,1-2H3,(H3,13,16,17,18,19). The van der Waals surface area contributed by atoms with E-state index in [9.17, 15) is 0 Å². The Kier molecular flexibility index (Phi) is 3.48. The van der Waals surface area contributed by atoms with Crippen LogP contribution in [0.5, 0.6) is 0 Å². The number of nitrogens with two attached hydrogens (primary N) is 1. The van der Waals surface area contributed by atoms with Gasteiger partial charge in [0.15, 0.2) is 0 Å². The van der Waals surface area contributed by atoms with Crippen molar-refractivity contribution < 1.29 is 0 Å². The zero-order valence-corrected chi connectivity index (χ0v) is 12.4. The maximum absolute atomic E-state index is 5.72. The quantitative estimate of drug-likeness (QED) is 0.753. The zero-order valence-electron chi connectivity index (χ0n) is 11.6. The molecule has 0 radical (unpaired) electrons. The molecule has 0 saturated carbocycles. The Bertz CT molecular complexity index is 736. The smallest absolute Gasteiger partial charge is 0.258 e. The average molecular weight is 302 g/mol. The number of thiophene rings is 1. The Hall–Kier alpha value is -2.55. The molecule has 3 N–H and O–H groups in total. The highest BCUT2D eigenvalue weighted by atomic mass is 32.1. The SMILES string of the molecule is Cc1ccc(C(C)Nc2nc(N)nc(-n3cncn3)n2)s1. The number of nitrogen functional groups attached to an aromatic ring is 1. The van der Waals surface area contributed by atoms with Gasteiger partial charge in [-0.15, -0.1) is 11.3 Å². The minimum Gasteiger partial charge on any atom is -0.368 e. The van der Waals surface area contributed by atoms with E-state index in [-0.39, 0.29) is 12.0 Å². The first-order chi connectivity index (χ1) is 10.1. The Morgan fingerprint density at radius 1 is 1.29 bits per heavy atom. The first-order valence-corrected chi connectivity index (χ1v) is 7.13. The summed E-state index contributed by atoms with van der Waals surface area (Å²) in [5.41, 5.74) is 5.72. The fourth-order valence-corrected chi connectivity index (χ4v) is 2.69. The van der Waals surface area contributed by atoms with Crippen molar-refractivity contribution in [2.24, 2.45) is 0 Å². The van der Waals surface area contributed by atoms with E-state index in [0.29, 0.717) is 11.9 Å². The van der Waals surface area contributed by atoms with Crippen molar-refractivity contribution in [2.75, 3.05) is 11.1 Å². The number of aromatic nitrogens is 6. The molecule has 3 aromatic rings. The lowest BCUT2D eigenvalue weighted by molar-refractivity contribution is 0.788. The summed E-state index contributed by atoms with van der Waals surface area (Å²) in [4.78, 5) is 18.8. The highest BCUT2D eigenvalue weighted by Crippen LogP contribution is 2.24. The maximum atomic E-state index is 5.72. The van der Waals surface area contributed by atoms with E-state index in [1.54, 1.807) is 11.3 Å². The van der Waals surface area contributed by atoms with Gasteiger partial charge < -0.3 is 11.1 Å². The summed E-state index contributed by atoms with van der Waals surface area (Å²) < 4.78 is 1.43. The van der Waals surface area contributed by atoms with Crippen LogP contribution in [0, 0.1) is 6.92 Å². The van der Waals surface area contributed by atoms with Crippen LogP contribution in [0.25, 0.3) is 5.95 Å². The van der Waals surface area contributed by atoms with Gasteiger partial charge in [0.2, 0.25) is 11.9 Å². The molecule has 3 aromatic heterocycles. The van der Waals surface area contributed by atoms with Crippen LogP contribution in [0.15, 0.2) is 24.8 Å². The van der Waals surface area contributed by atoms with Gasteiger partial charge in [0.1, 0.15) is 12.7 Å². The normalized spacial score (nSPS) is 12.3. The molecule has 0 fully saturated rings. The van der Waals surface area contributed by atoms with Crippen molar-refractivity contribution in [3.05, 3.63) is 34.5 Å². The zero-order chi connectivity index (χ0) is 14.8. The number of rotatable bonds is 4. The summed E-state index contributed by atoms with van der Waals surface area (Å²) in [7, 11) is 0. The van der Waals surface area contributed by atoms with Gasteiger partial charge in [-0.2, -0.15) is 24.7 Å². The molecule has 1 unspecified atom stereocenters. The van der Waals surface area contributed by atoms with Gasteiger partial charge in [0.25, 0.3) is 5.95 Å². The summed E-state index contributed by atoms with van der Waals surface area (Å²) in [6.45, 7) is 4.12. The minimum atomic E-state index is 0.0779. The van der Waals surface area contributed by atoms with E-state index in [4.69, 9.17) is 5.73 Å². The second kappa shape index (κ2) is 5.44. The van der Waals surface area contributed by atoms with Crippen LogP contribution in [0.1, 0.15) is 22.7 Å². The third-order valence-electron chi connectivity index (χ3n) is 2.80. The van der Waals surface area contributed by atoms with Gasteiger partial charge in [0.05, 0.1) is 6.04 Å². The molecule has 0 aliphatic carbocycles. The van der Waals surface area contributed by atoms with Crippen LogP contribution in [-0.2, 0) is 0 Å². The molecule has 1 atom stereocenters. The van der Waals surface area contributed by atoms with Crippen molar-refractivity contribution in [2.45, 2.75) is 19.9 Å². The third kappa shape index (κ3) is 2.97. The van der Waals surface area contributed by atoms with Crippen molar-refractivity contribution in [3.8, 4) is 5.95 Å². The molecule has 0 amide bonds. The Labute approximate surface area is 125 Å². The van der Waals surface area contributed by atoms with Gasteiger partial charge in [-0.3, -0.25) is 0 Å². The molecule has 8 nitrogen and oxygen atoms in total. The minimum absolute atomic E-state index is 0.0779. The highest BCUT2D eigenvalue weighted by molar-refractivity contribution is 7.12. The van der Waals surface area contributed by atoms with Gasteiger partial charge in [0, 0.05) is 9.75 Å². The van der Waals surface area contributed by atoms with Crippen molar-refractivity contribution in [3.63, 3.8) is 0 Å². The summed E-state index contributed by atoms with van der Waals surface area (Å²) in [6.07, 6.45) is 2.91. The number of anilines is 2. The first-order valence-electron chi connectivity index (χ1n) is 6.31. The predicted octanol–water partition coefficient (Wildman–Crippen LogP) is 1.58. The van der Waals surface area contributed by atoms with Crippen molar-refractivity contribution >= 4 is 23.2 Å². The van der Waals surface area contributed by atoms with Crippen LogP contribution < -0.4 is 11.1 Å². The molecule has 9 heteroatoms. The second-order valence-corrected chi connectivity index (χ2v) is 5.79. The van der Waals surface area contributed by atoms with E-state index < -0.39 is 0 Å². The fraction of sp³-hybridized carbons (Fsp3) is 0.250. The molecule has 3 rings (SSSR count). The van der Waals surface area contributed by atoms with Gasteiger partial charge >= 0.3 is 0 Å². The van der Waals surface area contributed by atoms with Gasteiger partial charge in [-0.1, -0.05) is 0 Å². The van der Waals surface area contributed by atoms with E-state index in [2.05, 4.69) is 49.4 Å². The van der Waals surface area contributed by atoms with E-state index in [1.165, 1.54) is 27.1 Å². The topological polar surface area (TPSA) is 107 Å². The Balaban J connectivity index is 1.85. The lowest BCUT2D eigenvalue weighted by Gasteiger charge is -2.12. The molecule has 0 saturated heterocycles. The van der Waals surface area contributed by atoms with Crippen LogP contribution in [0.2, 0.25) is 0 Å². The number of hydrogen-bond donors (Lipinski definition) is 2. The highest BCUT2D eigenvalue weighted by Gasteiger charge is 2.12. The monoisotopic (exact) mass is 302 g/mol. The molecule has 0 bridgehead atoms. The summed E-state index contributed by atoms with van der Waals surface area (Å²) in [6, 6.07) is 4.25. The average Bonchev–Trinajstić information content (AvgIpc) is 3.08. The number of nitrogens with one attached hydrogen (secondary N) is 1. The van der Waals surface area contributed by atoms with Gasteiger partial charge in [-0.05, 0) is 26.0 Å². The second-order valence-electron chi connectivity index (χ2n) is 4.47. The Morgan fingerprint density at radius 3 is 2.81 bits per heavy atom. The van der Waals surface area contributed by atoms with E-state index >= 15 is 0 Å². The van der Waals surface area contributed by atoms with Crippen molar-refractivity contribution in [1.29, 1.82) is 0 Å². The summed E-state index contributed by atoms with van der Waals surface area (Å²) >= 11 is 1.73. The predicted molar refractivity (Wildman–Crippen MR) is 80.3 cm³/mol. The van der Waals surface area contributed by atoms with Crippen molar-refractivity contribution in [1.82, 2.24) is 29.7 Å². The molecule has 0 spiro atoms. The van der Waals surface area contributed by atoms with E-state index in [0.717, 1.165) is 0 Å². The third-order valence-corrected chi connectivity index (χ3v) is 3.98. The molecule has 0 aromatic carbocycles. The summed E-state index contributed by atoms with van der Waals surface area (Å²) in [5.74, 6) is 0.871. The lowest BCUT2D eigenvalue weighted by atomic mass is 10.3. The van der Waals surface area contributed by atoms with Crippen LogP contribution in [0.3, 0.4) is 0 Å². The molecular weight excluding hydrogens is 288 g/mol. The molecule has 0 aliphatic heterocycles. The number of aryl methyl sites for hydroxylation is 1. The number of nitrogens with zero attached hydrogens (tertiary/aromatic N) is 6. The van der Waals surface area contributed by atoms with Crippen LogP contribution >= 0.6 is 11.3 Å². The van der Waals surface area contributed by atoms with Crippen LogP contribution in [-0.4, -0.2) is 29.7 Å². The number of hydrogen-bond acceptors (Lipinski definition) is 8. The fourth-order valence-electron chi connectivity index (χ4n) is 1.81. The molecule has 108 valence electrons. The molecule has 21 heavy (non-hydrogen) atoms. The Morgan fingerprint density at radius 2 is 2.14 bits per heavy atom. The largest absolute Gasteiger partial charge is 0.368 e.